The molecular formula is C19H21N3O3. The molecule has 0 radical (unpaired) electrons. The minimum atomic E-state index is 0.0868. The average molecular weight is 339 g/mol. The lowest BCUT2D eigenvalue weighted by Gasteiger charge is -2.19. The van der Waals surface area contributed by atoms with E-state index in [1.807, 2.05) is 42.6 Å². The third-order valence-electron chi connectivity index (χ3n) is 3.82. The molecule has 3 rings (SSSR count). The van der Waals surface area contributed by atoms with Gasteiger partial charge in [-0.25, -0.2) is 4.98 Å². The van der Waals surface area contributed by atoms with Crippen LogP contribution in [0.5, 0.6) is 5.75 Å². The number of hydrogen-bond donors (Lipinski definition) is 1. The number of oxazole rings is 1. The first kappa shape index (κ1) is 17.1. The van der Waals surface area contributed by atoms with Crippen LogP contribution in [0.4, 0.5) is 0 Å². The van der Waals surface area contributed by atoms with E-state index in [0.29, 0.717) is 25.5 Å². The Kier molecular flexibility index (Phi) is 5.77. The van der Waals surface area contributed by atoms with Gasteiger partial charge in [0.25, 0.3) is 0 Å². The summed E-state index contributed by atoms with van der Waals surface area (Å²) in [5.41, 5.74) is 2.81. The zero-order valence-corrected chi connectivity index (χ0v) is 14.1. The zero-order valence-electron chi connectivity index (χ0n) is 14.1. The Morgan fingerprint density at radius 2 is 2.00 bits per heavy atom. The lowest BCUT2D eigenvalue weighted by atomic mass is 10.2. The lowest BCUT2D eigenvalue weighted by Crippen LogP contribution is -2.26. The van der Waals surface area contributed by atoms with Crippen LogP contribution in [0.2, 0.25) is 0 Å². The van der Waals surface area contributed by atoms with Crippen molar-refractivity contribution in [2.75, 3.05) is 20.3 Å². The molecule has 2 aromatic heterocycles. The molecule has 1 aromatic carbocycles. The van der Waals surface area contributed by atoms with Crippen molar-refractivity contribution >= 4 is 0 Å². The van der Waals surface area contributed by atoms with Gasteiger partial charge in [0.1, 0.15) is 12.0 Å². The molecule has 0 spiro atoms. The molecule has 0 saturated carbocycles. The van der Waals surface area contributed by atoms with Crippen molar-refractivity contribution < 1.29 is 14.3 Å². The first-order chi connectivity index (χ1) is 12.3. The number of ether oxygens (including phenoxy) is 1. The van der Waals surface area contributed by atoms with E-state index in [-0.39, 0.29) is 6.61 Å². The summed E-state index contributed by atoms with van der Waals surface area (Å²) >= 11 is 0. The minimum Gasteiger partial charge on any atom is -0.497 e. The summed E-state index contributed by atoms with van der Waals surface area (Å²) in [7, 11) is 1.64. The zero-order chi connectivity index (χ0) is 17.5. The van der Waals surface area contributed by atoms with Gasteiger partial charge in [-0.2, -0.15) is 0 Å². The summed E-state index contributed by atoms with van der Waals surface area (Å²) in [6.07, 6.45) is 5.24. The highest BCUT2D eigenvalue weighted by atomic mass is 16.5. The van der Waals surface area contributed by atoms with Crippen LogP contribution in [0.15, 0.2) is 59.5 Å². The fourth-order valence-corrected chi connectivity index (χ4v) is 2.58. The topological polar surface area (TPSA) is 71.6 Å². The Labute approximate surface area is 146 Å². The van der Waals surface area contributed by atoms with Gasteiger partial charge in [0.2, 0.25) is 5.89 Å². The third-order valence-corrected chi connectivity index (χ3v) is 3.82. The van der Waals surface area contributed by atoms with E-state index in [0.717, 1.165) is 22.6 Å². The van der Waals surface area contributed by atoms with Crippen LogP contribution >= 0.6 is 0 Å². The van der Waals surface area contributed by atoms with Gasteiger partial charge in [0, 0.05) is 37.6 Å². The maximum Gasteiger partial charge on any atom is 0.226 e. The summed E-state index contributed by atoms with van der Waals surface area (Å²) in [4.78, 5) is 10.8. The molecule has 130 valence electrons. The van der Waals surface area contributed by atoms with E-state index in [9.17, 15) is 5.11 Å². The summed E-state index contributed by atoms with van der Waals surface area (Å²) in [5, 5.41) is 9.31. The number of aliphatic hydroxyl groups is 1. The summed E-state index contributed by atoms with van der Waals surface area (Å²) in [6.45, 7) is 1.93. The average Bonchev–Trinajstić information content (AvgIpc) is 3.11. The number of methoxy groups -OCH3 is 1. The number of aliphatic hydroxyl groups excluding tert-OH is 1. The number of pyridine rings is 1. The van der Waals surface area contributed by atoms with Crippen molar-refractivity contribution in [1.82, 2.24) is 14.9 Å². The molecule has 0 fully saturated rings. The Hall–Kier alpha value is -2.70. The van der Waals surface area contributed by atoms with E-state index < -0.39 is 0 Å². The molecule has 0 saturated heterocycles. The summed E-state index contributed by atoms with van der Waals surface area (Å²) in [6, 6.07) is 11.5. The van der Waals surface area contributed by atoms with Crippen LogP contribution in [0, 0.1) is 0 Å². The molecule has 0 aliphatic heterocycles. The molecule has 0 aliphatic carbocycles. The highest BCUT2D eigenvalue weighted by Crippen LogP contribution is 2.22. The molecule has 0 atom stereocenters. The molecule has 0 bridgehead atoms. The second kappa shape index (κ2) is 8.41. The van der Waals surface area contributed by atoms with Gasteiger partial charge in [0.15, 0.2) is 0 Å². The maximum atomic E-state index is 9.31. The highest BCUT2D eigenvalue weighted by Gasteiger charge is 2.12. The first-order valence-electron chi connectivity index (χ1n) is 8.09. The summed E-state index contributed by atoms with van der Waals surface area (Å²) < 4.78 is 10.8. The fraction of sp³-hybridized carbons (Fsp3) is 0.263. The Morgan fingerprint density at radius 1 is 1.16 bits per heavy atom. The smallest absolute Gasteiger partial charge is 0.226 e. The number of nitrogens with zero attached hydrogens (tertiary/aromatic N) is 3. The lowest BCUT2D eigenvalue weighted by molar-refractivity contribution is 0.182. The molecule has 6 heteroatoms. The highest BCUT2D eigenvalue weighted by molar-refractivity contribution is 5.54. The van der Waals surface area contributed by atoms with Gasteiger partial charge in [0.05, 0.1) is 19.4 Å². The molecule has 0 unspecified atom stereocenters. The van der Waals surface area contributed by atoms with Gasteiger partial charge in [-0.1, -0.05) is 6.07 Å². The van der Waals surface area contributed by atoms with Crippen molar-refractivity contribution in [2.24, 2.45) is 0 Å². The minimum absolute atomic E-state index is 0.0868. The number of hydrogen-bond acceptors (Lipinski definition) is 6. The molecule has 1 N–H and O–H groups in total. The molecule has 6 nitrogen and oxygen atoms in total. The van der Waals surface area contributed by atoms with E-state index >= 15 is 0 Å². The number of rotatable bonds is 8. The maximum absolute atomic E-state index is 9.31. The van der Waals surface area contributed by atoms with Crippen molar-refractivity contribution in [3.05, 3.63) is 66.3 Å². The second-order valence-electron chi connectivity index (χ2n) is 5.67. The van der Waals surface area contributed by atoms with E-state index in [2.05, 4.69) is 14.9 Å². The number of aromatic nitrogens is 2. The predicted octanol–water partition coefficient (Wildman–Crippen LogP) is 2.74. The van der Waals surface area contributed by atoms with Gasteiger partial charge < -0.3 is 14.3 Å². The van der Waals surface area contributed by atoms with Gasteiger partial charge in [-0.15, -0.1) is 0 Å². The van der Waals surface area contributed by atoms with Crippen molar-refractivity contribution in [3.63, 3.8) is 0 Å². The third kappa shape index (κ3) is 4.65. The normalized spacial score (nSPS) is 11.0. The Morgan fingerprint density at radius 3 is 2.68 bits per heavy atom. The van der Waals surface area contributed by atoms with Crippen LogP contribution in [-0.4, -0.2) is 40.2 Å². The molecule has 25 heavy (non-hydrogen) atoms. The molecule has 2 heterocycles. The SMILES string of the molecule is COc1ccc(-c2nc(CN(CCO)Cc3cccnc3)co2)cc1. The largest absolute Gasteiger partial charge is 0.497 e. The number of benzene rings is 1. The van der Waals surface area contributed by atoms with Gasteiger partial charge in [-0.05, 0) is 35.9 Å². The van der Waals surface area contributed by atoms with Crippen LogP contribution in [-0.2, 0) is 13.1 Å². The molecular weight excluding hydrogens is 318 g/mol. The fourth-order valence-electron chi connectivity index (χ4n) is 2.58. The van der Waals surface area contributed by atoms with E-state index in [4.69, 9.17) is 9.15 Å². The van der Waals surface area contributed by atoms with Crippen molar-refractivity contribution in [3.8, 4) is 17.2 Å². The Balaban J connectivity index is 1.69. The van der Waals surface area contributed by atoms with E-state index in [1.54, 1.807) is 19.6 Å². The van der Waals surface area contributed by atoms with Crippen LogP contribution in [0.1, 0.15) is 11.3 Å². The predicted molar refractivity (Wildman–Crippen MR) is 93.9 cm³/mol. The van der Waals surface area contributed by atoms with Gasteiger partial charge >= 0.3 is 0 Å². The molecule has 3 aromatic rings. The second-order valence-corrected chi connectivity index (χ2v) is 5.67. The first-order valence-corrected chi connectivity index (χ1v) is 8.09. The quantitative estimate of drug-likeness (QED) is 0.680. The van der Waals surface area contributed by atoms with Crippen molar-refractivity contribution in [2.45, 2.75) is 13.1 Å². The molecule has 0 amide bonds. The van der Waals surface area contributed by atoms with Crippen LogP contribution in [0.3, 0.4) is 0 Å². The van der Waals surface area contributed by atoms with E-state index in [1.165, 1.54) is 0 Å². The Bertz CT molecular complexity index is 772. The molecule has 0 aliphatic rings. The van der Waals surface area contributed by atoms with Gasteiger partial charge in [-0.3, -0.25) is 9.88 Å². The monoisotopic (exact) mass is 339 g/mol. The standard InChI is InChI=1S/C19H21N3O3/c1-24-18-6-4-16(5-7-18)19-21-17(14-25-19)13-22(9-10-23)12-15-3-2-8-20-11-15/h2-8,11,14,23H,9-10,12-13H2,1H3. The van der Waals surface area contributed by atoms with Crippen LogP contribution in [0.25, 0.3) is 11.5 Å². The summed E-state index contributed by atoms with van der Waals surface area (Å²) in [5.74, 6) is 1.36. The van der Waals surface area contributed by atoms with Crippen LogP contribution < -0.4 is 4.74 Å². The van der Waals surface area contributed by atoms with Crippen molar-refractivity contribution in [1.29, 1.82) is 0 Å².